The molecule has 1 fully saturated rings. The summed E-state index contributed by atoms with van der Waals surface area (Å²) in [6.45, 7) is -1.16. The molecule has 0 aromatic heterocycles. The average molecular weight is 369 g/mol. The van der Waals surface area contributed by atoms with Crippen molar-refractivity contribution in [1.29, 1.82) is 0 Å². The van der Waals surface area contributed by atoms with Gasteiger partial charge in [0, 0.05) is 10.9 Å². The molecule has 2 aromatic rings. The van der Waals surface area contributed by atoms with Crippen LogP contribution in [0.25, 0.3) is 0 Å². The van der Waals surface area contributed by atoms with Gasteiger partial charge in [-0.25, -0.2) is 0 Å². The van der Waals surface area contributed by atoms with Crippen molar-refractivity contribution < 1.29 is 18.0 Å². The first-order valence-electron chi connectivity index (χ1n) is 7.80. The van der Waals surface area contributed by atoms with Crippen LogP contribution in [-0.4, -0.2) is 18.6 Å². The normalized spacial score (nSPS) is 19.4. The van der Waals surface area contributed by atoms with Gasteiger partial charge in [-0.1, -0.05) is 41.9 Å². The lowest BCUT2D eigenvalue weighted by Gasteiger charge is -2.14. The van der Waals surface area contributed by atoms with Crippen LogP contribution in [0, 0.1) is 5.92 Å². The van der Waals surface area contributed by atoms with Crippen LogP contribution in [0.4, 0.5) is 24.5 Å². The van der Waals surface area contributed by atoms with E-state index in [0.717, 1.165) is 5.56 Å². The monoisotopic (exact) mass is 368 g/mol. The van der Waals surface area contributed by atoms with Crippen molar-refractivity contribution in [2.75, 3.05) is 17.2 Å². The number of carbonyl (C=O) groups is 1. The average Bonchev–Trinajstić information content (AvgIpc) is 3.34. The van der Waals surface area contributed by atoms with Crippen LogP contribution in [0.15, 0.2) is 48.5 Å². The zero-order valence-corrected chi connectivity index (χ0v) is 13.9. The highest BCUT2D eigenvalue weighted by Gasteiger charge is 2.44. The maximum absolute atomic E-state index is 12.4. The first kappa shape index (κ1) is 17.6. The summed E-state index contributed by atoms with van der Waals surface area (Å²) in [6, 6.07) is 13.7. The number of benzene rings is 2. The molecule has 0 spiro atoms. The number of alkyl halides is 3. The van der Waals surface area contributed by atoms with Crippen molar-refractivity contribution in [3.05, 3.63) is 59.1 Å². The summed E-state index contributed by atoms with van der Waals surface area (Å²) >= 11 is 6.15. The first-order valence-corrected chi connectivity index (χ1v) is 8.18. The molecule has 1 saturated carbocycles. The number of hydrogen-bond donors (Lipinski definition) is 2. The Morgan fingerprint density at radius 1 is 1.08 bits per heavy atom. The fourth-order valence-electron chi connectivity index (χ4n) is 2.77. The highest BCUT2D eigenvalue weighted by atomic mass is 35.5. The molecule has 0 aliphatic heterocycles. The second-order valence-electron chi connectivity index (χ2n) is 5.97. The van der Waals surface area contributed by atoms with E-state index in [1.54, 1.807) is 24.3 Å². The number of rotatable bonds is 5. The molecule has 0 radical (unpaired) electrons. The van der Waals surface area contributed by atoms with Crippen LogP contribution in [0.5, 0.6) is 0 Å². The highest BCUT2D eigenvalue weighted by molar-refractivity contribution is 6.31. The maximum atomic E-state index is 12.4. The van der Waals surface area contributed by atoms with Gasteiger partial charge >= 0.3 is 6.18 Å². The van der Waals surface area contributed by atoms with Crippen molar-refractivity contribution in [3.8, 4) is 0 Å². The number of para-hydroxylation sites is 2. The van der Waals surface area contributed by atoms with Gasteiger partial charge in [0.05, 0.1) is 11.4 Å². The Morgan fingerprint density at radius 3 is 2.40 bits per heavy atom. The molecule has 2 aromatic carbocycles. The Balaban J connectivity index is 1.66. The van der Waals surface area contributed by atoms with Crippen LogP contribution in [0.3, 0.4) is 0 Å². The number of amides is 1. The second kappa shape index (κ2) is 6.96. The van der Waals surface area contributed by atoms with E-state index in [-0.39, 0.29) is 23.4 Å². The van der Waals surface area contributed by atoms with Gasteiger partial charge < -0.3 is 10.6 Å². The molecule has 2 N–H and O–H groups in total. The van der Waals surface area contributed by atoms with E-state index in [4.69, 9.17) is 11.6 Å². The van der Waals surface area contributed by atoms with Crippen LogP contribution in [0.2, 0.25) is 5.02 Å². The summed E-state index contributed by atoms with van der Waals surface area (Å²) in [7, 11) is 0. The van der Waals surface area contributed by atoms with Gasteiger partial charge in [0.15, 0.2) is 0 Å². The van der Waals surface area contributed by atoms with Crippen molar-refractivity contribution in [3.63, 3.8) is 0 Å². The van der Waals surface area contributed by atoms with Crippen LogP contribution >= 0.6 is 11.6 Å². The minimum absolute atomic E-state index is 0.0454. The Kier molecular flexibility index (Phi) is 4.90. The summed E-state index contributed by atoms with van der Waals surface area (Å²) < 4.78 is 37.2. The van der Waals surface area contributed by atoms with Gasteiger partial charge in [-0.15, -0.1) is 0 Å². The fraction of sp³-hybridized carbons (Fsp3) is 0.278. The number of hydrogen-bond acceptors (Lipinski definition) is 2. The summed E-state index contributed by atoms with van der Waals surface area (Å²) in [5, 5.41) is 5.65. The van der Waals surface area contributed by atoms with Gasteiger partial charge in [-0.2, -0.15) is 13.2 Å². The predicted octanol–water partition coefficient (Wildman–Crippen LogP) is 5.06. The van der Waals surface area contributed by atoms with Gasteiger partial charge in [-0.05, 0) is 36.1 Å². The zero-order chi connectivity index (χ0) is 18.0. The Morgan fingerprint density at radius 2 is 1.72 bits per heavy atom. The van der Waals surface area contributed by atoms with E-state index < -0.39 is 12.7 Å². The maximum Gasteiger partial charge on any atom is 0.405 e. The lowest BCUT2D eigenvalue weighted by molar-refractivity contribution is -0.117. The summed E-state index contributed by atoms with van der Waals surface area (Å²) in [5.74, 6) is -0.397. The molecule has 1 amide bonds. The number of nitrogens with one attached hydrogen (secondary N) is 2. The Labute approximate surface area is 148 Å². The molecule has 1 aliphatic rings. The van der Waals surface area contributed by atoms with Gasteiger partial charge in [0.2, 0.25) is 5.91 Å². The van der Waals surface area contributed by atoms with Crippen LogP contribution in [-0.2, 0) is 4.79 Å². The first-order chi connectivity index (χ1) is 11.8. The van der Waals surface area contributed by atoms with E-state index in [0.29, 0.717) is 17.1 Å². The van der Waals surface area contributed by atoms with Gasteiger partial charge in [-0.3, -0.25) is 4.79 Å². The molecule has 25 heavy (non-hydrogen) atoms. The smallest absolute Gasteiger partial charge is 0.375 e. The molecule has 0 heterocycles. The predicted molar refractivity (Wildman–Crippen MR) is 91.9 cm³/mol. The van der Waals surface area contributed by atoms with E-state index in [1.165, 1.54) is 6.07 Å². The zero-order valence-electron chi connectivity index (χ0n) is 13.1. The third-order valence-corrected chi connectivity index (χ3v) is 4.44. The molecular weight excluding hydrogens is 353 g/mol. The molecule has 3 rings (SSSR count). The topological polar surface area (TPSA) is 41.1 Å². The molecule has 0 saturated heterocycles. The summed E-state index contributed by atoms with van der Waals surface area (Å²) in [5.41, 5.74) is 1.50. The Bertz CT molecular complexity index is 779. The lowest BCUT2D eigenvalue weighted by Crippen LogP contribution is -2.22. The molecule has 3 nitrogen and oxygen atoms in total. The molecule has 132 valence electrons. The van der Waals surface area contributed by atoms with E-state index in [1.807, 2.05) is 18.2 Å². The molecular formula is C18H16ClF3N2O. The number of carbonyl (C=O) groups excluding carboxylic acids is 1. The third kappa shape index (κ3) is 4.45. The molecule has 2 atom stereocenters. The minimum atomic E-state index is -4.33. The number of anilines is 2. The highest BCUT2D eigenvalue weighted by Crippen LogP contribution is 2.50. The second-order valence-corrected chi connectivity index (χ2v) is 6.38. The number of halogens is 4. The lowest BCUT2D eigenvalue weighted by atomic mass is 10.1. The van der Waals surface area contributed by atoms with Crippen molar-refractivity contribution in [2.24, 2.45) is 5.92 Å². The van der Waals surface area contributed by atoms with E-state index in [9.17, 15) is 18.0 Å². The van der Waals surface area contributed by atoms with Crippen LogP contribution < -0.4 is 10.6 Å². The fourth-order valence-corrected chi connectivity index (χ4v) is 3.05. The SMILES string of the molecule is O=C(Nc1ccccc1NCC(F)(F)F)C1CC1c1ccccc1Cl. The minimum Gasteiger partial charge on any atom is -0.375 e. The Hall–Kier alpha value is -2.21. The molecule has 2 unspecified atom stereocenters. The van der Waals surface area contributed by atoms with Gasteiger partial charge in [0.1, 0.15) is 6.54 Å². The summed E-state index contributed by atoms with van der Waals surface area (Å²) in [4.78, 5) is 12.4. The van der Waals surface area contributed by atoms with Gasteiger partial charge in [0.25, 0.3) is 0 Å². The van der Waals surface area contributed by atoms with Crippen molar-refractivity contribution >= 4 is 28.9 Å². The van der Waals surface area contributed by atoms with E-state index in [2.05, 4.69) is 10.6 Å². The standard InChI is InChI=1S/C18H16ClF3N2O/c19-14-6-2-1-5-11(14)12-9-13(12)17(25)24-16-8-4-3-7-15(16)23-10-18(20,21)22/h1-8,12-13,23H,9-10H2,(H,24,25). The van der Waals surface area contributed by atoms with Crippen molar-refractivity contribution in [2.45, 2.75) is 18.5 Å². The summed E-state index contributed by atoms with van der Waals surface area (Å²) in [6.07, 6.45) is -3.66. The molecule has 7 heteroatoms. The quantitative estimate of drug-likeness (QED) is 0.774. The molecule has 0 bridgehead atoms. The van der Waals surface area contributed by atoms with Crippen molar-refractivity contribution in [1.82, 2.24) is 0 Å². The largest absolute Gasteiger partial charge is 0.405 e. The van der Waals surface area contributed by atoms with Crippen LogP contribution in [0.1, 0.15) is 17.9 Å². The molecule has 1 aliphatic carbocycles. The van der Waals surface area contributed by atoms with E-state index >= 15 is 0 Å². The third-order valence-electron chi connectivity index (χ3n) is 4.10.